The van der Waals surface area contributed by atoms with Gasteiger partial charge in [0.2, 0.25) is 0 Å². The maximum absolute atomic E-state index is 4.57. The summed E-state index contributed by atoms with van der Waals surface area (Å²) in [6, 6.07) is 0. The van der Waals surface area contributed by atoms with E-state index in [0.717, 1.165) is 36.6 Å². The molecule has 4 nitrogen and oxygen atoms in total. The molecule has 19 heavy (non-hydrogen) atoms. The van der Waals surface area contributed by atoms with Gasteiger partial charge in [-0.2, -0.15) is 0 Å². The van der Waals surface area contributed by atoms with Crippen molar-refractivity contribution in [1.29, 1.82) is 0 Å². The second-order valence-electron chi connectivity index (χ2n) is 6.05. The Bertz CT molecular complexity index is 430. The van der Waals surface area contributed by atoms with Crippen molar-refractivity contribution in [3.8, 4) is 0 Å². The van der Waals surface area contributed by atoms with Crippen LogP contribution in [0.3, 0.4) is 0 Å². The smallest absolute Gasteiger partial charge is 0.137 e. The quantitative estimate of drug-likeness (QED) is 0.908. The molecule has 1 aliphatic heterocycles. The minimum atomic E-state index is 0.424. The van der Waals surface area contributed by atoms with Crippen LogP contribution in [0.1, 0.15) is 45.6 Å². The van der Waals surface area contributed by atoms with Crippen LogP contribution in [0.2, 0.25) is 0 Å². The minimum absolute atomic E-state index is 0.424. The Morgan fingerprint density at radius 1 is 1.26 bits per heavy atom. The van der Waals surface area contributed by atoms with Crippen LogP contribution in [0.15, 0.2) is 6.33 Å². The maximum atomic E-state index is 4.57. The molecule has 1 saturated heterocycles. The van der Waals surface area contributed by atoms with E-state index in [9.17, 15) is 0 Å². The van der Waals surface area contributed by atoms with Crippen molar-refractivity contribution in [2.45, 2.75) is 40.0 Å². The molecule has 0 radical (unpaired) electrons. The highest BCUT2D eigenvalue weighted by atomic mass is 15.2. The van der Waals surface area contributed by atoms with Gasteiger partial charge in [-0.25, -0.2) is 9.97 Å². The van der Waals surface area contributed by atoms with Crippen molar-refractivity contribution in [3.05, 3.63) is 11.9 Å². The van der Waals surface area contributed by atoms with Crippen LogP contribution >= 0.6 is 0 Å². The molecular formula is C15H26N4. The van der Waals surface area contributed by atoms with Gasteiger partial charge in [-0.15, -0.1) is 0 Å². The Morgan fingerprint density at radius 3 is 2.58 bits per heavy atom. The van der Waals surface area contributed by atoms with Crippen LogP contribution in [0.25, 0.3) is 0 Å². The second-order valence-corrected chi connectivity index (χ2v) is 6.05. The van der Waals surface area contributed by atoms with E-state index < -0.39 is 0 Å². The lowest BCUT2D eigenvalue weighted by Crippen LogP contribution is -2.39. The van der Waals surface area contributed by atoms with Gasteiger partial charge in [0.15, 0.2) is 0 Å². The molecule has 2 heterocycles. The zero-order chi connectivity index (χ0) is 14.0. The first-order valence-corrected chi connectivity index (χ1v) is 7.32. The molecule has 1 fully saturated rings. The van der Waals surface area contributed by atoms with Gasteiger partial charge in [-0.3, -0.25) is 0 Å². The summed E-state index contributed by atoms with van der Waals surface area (Å²) in [5.74, 6) is 4.04. The fraction of sp³-hybridized carbons (Fsp3) is 0.733. The highest BCUT2D eigenvalue weighted by Gasteiger charge is 2.26. The van der Waals surface area contributed by atoms with Gasteiger partial charge in [-0.05, 0) is 24.2 Å². The molecule has 1 aliphatic rings. The first-order chi connectivity index (χ1) is 9.04. The fourth-order valence-electron chi connectivity index (χ4n) is 2.82. The molecule has 0 saturated carbocycles. The van der Waals surface area contributed by atoms with Crippen molar-refractivity contribution in [3.63, 3.8) is 0 Å². The Morgan fingerprint density at radius 2 is 2.00 bits per heavy atom. The molecule has 0 aromatic carbocycles. The van der Waals surface area contributed by atoms with Crippen LogP contribution < -0.4 is 10.2 Å². The normalized spacial score (nSPS) is 23.8. The highest BCUT2D eigenvalue weighted by Crippen LogP contribution is 2.33. The SMILES string of the molecule is CNc1ncnc(N2CCC(C)C(C)C2)c1C(C)C. The summed E-state index contributed by atoms with van der Waals surface area (Å²) in [6.45, 7) is 11.3. The Labute approximate surface area is 116 Å². The molecule has 2 unspecified atom stereocenters. The lowest BCUT2D eigenvalue weighted by Gasteiger charge is -2.37. The molecule has 4 heteroatoms. The molecule has 0 aliphatic carbocycles. The number of piperidine rings is 1. The predicted molar refractivity (Wildman–Crippen MR) is 80.8 cm³/mol. The Hall–Kier alpha value is -1.32. The van der Waals surface area contributed by atoms with Gasteiger partial charge in [0.25, 0.3) is 0 Å². The topological polar surface area (TPSA) is 41.1 Å². The first-order valence-electron chi connectivity index (χ1n) is 7.32. The van der Waals surface area contributed by atoms with E-state index in [1.54, 1.807) is 6.33 Å². The third kappa shape index (κ3) is 2.82. The Balaban J connectivity index is 2.34. The number of anilines is 2. The van der Waals surface area contributed by atoms with Crippen LogP contribution in [0.4, 0.5) is 11.6 Å². The van der Waals surface area contributed by atoms with Gasteiger partial charge in [0, 0.05) is 25.7 Å². The van der Waals surface area contributed by atoms with Crippen molar-refractivity contribution < 1.29 is 0 Å². The average Bonchev–Trinajstić information content (AvgIpc) is 2.40. The molecule has 0 bridgehead atoms. The second kappa shape index (κ2) is 5.76. The first kappa shape index (κ1) is 14.1. The molecule has 1 aromatic heterocycles. The summed E-state index contributed by atoms with van der Waals surface area (Å²) < 4.78 is 0. The molecule has 106 valence electrons. The van der Waals surface area contributed by atoms with Crippen molar-refractivity contribution in [2.24, 2.45) is 11.8 Å². The monoisotopic (exact) mass is 262 g/mol. The molecule has 0 amide bonds. The van der Waals surface area contributed by atoms with Crippen LogP contribution in [0.5, 0.6) is 0 Å². The standard InChI is InChI=1S/C15H26N4/c1-10(2)13-14(16-5)17-9-18-15(13)19-7-6-11(3)12(4)8-19/h9-12H,6-8H2,1-5H3,(H,16,17,18). The van der Waals surface area contributed by atoms with Crippen molar-refractivity contribution >= 4 is 11.6 Å². The summed E-state index contributed by atoms with van der Waals surface area (Å²) in [5, 5.41) is 3.20. The van der Waals surface area contributed by atoms with E-state index >= 15 is 0 Å². The van der Waals surface area contributed by atoms with Crippen molar-refractivity contribution in [1.82, 2.24) is 9.97 Å². The largest absolute Gasteiger partial charge is 0.373 e. The van der Waals surface area contributed by atoms with Gasteiger partial charge in [0.1, 0.15) is 18.0 Å². The van der Waals surface area contributed by atoms with E-state index in [1.807, 2.05) is 7.05 Å². The fourth-order valence-corrected chi connectivity index (χ4v) is 2.82. The zero-order valence-electron chi connectivity index (χ0n) is 12.8. The summed E-state index contributed by atoms with van der Waals surface area (Å²) in [6.07, 6.45) is 2.92. The lowest BCUT2D eigenvalue weighted by molar-refractivity contribution is 0.322. The van der Waals surface area contributed by atoms with Crippen LogP contribution in [-0.4, -0.2) is 30.1 Å². The van der Waals surface area contributed by atoms with Crippen molar-refractivity contribution in [2.75, 3.05) is 30.4 Å². The molecular weight excluding hydrogens is 236 g/mol. The molecule has 1 aromatic rings. The Kier molecular flexibility index (Phi) is 4.27. The molecule has 1 N–H and O–H groups in total. The van der Waals surface area contributed by atoms with E-state index in [-0.39, 0.29) is 0 Å². The third-order valence-corrected chi connectivity index (χ3v) is 4.31. The van der Waals surface area contributed by atoms with Crippen LogP contribution in [-0.2, 0) is 0 Å². The number of hydrogen-bond acceptors (Lipinski definition) is 4. The van der Waals surface area contributed by atoms with Gasteiger partial charge in [-0.1, -0.05) is 27.7 Å². The molecule has 2 atom stereocenters. The predicted octanol–water partition coefficient (Wildman–Crippen LogP) is 3.12. The summed E-state index contributed by atoms with van der Waals surface area (Å²) >= 11 is 0. The summed E-state index contributed by atoms with van der Waals surface area (Å²) in [4.78, 5) is 11.4. The maximum Gasteiger partial charge on any atom is 0.137 e. The third-order valence-electron chi connectivity index (χ3n) is 4.31. The van der Waals surface area contributed by atoms with Gasteiger partial charge in [0.05, 0.1) is 0 Å². The lowest BCUT2D eigenvalue weighted by atomic mass is 9.88. The van der Waals surface area contributed by atoms with Gasteiger partial charge < -0.3 is 10.2 Å². The minimum Gasteiger partial charge on any atom is -0.373 e. The number of rotatable bonds is 3. The number of nitrogens with one attached hydrogen (secondary N) is 1. The number of nitrogens with zero attached hydrogens (tertiary/aromatic N) is 3. The summed E-state index contributed by atoms with van der Waals surface area (Å²) in [7, 11) is 1.93. The van der Waals surface area contributed by atoms with Gasteiger partial charge >= 0.3 is 0 Å². The zero-order valence-corrected chi connectivity index (χ0v) is 12.8. The van der Waals surface area contributed by atoms with E-state index in [1.165, 1.54) is 12.0 Å². The highest BCUT2D eigenvalue weighted by molar-refractivity contribution is 5.60. The van der Waals surface area contributed by atoms with E-state index in [0.29, 0.717) is 5.92 Å². The number of hydrogen-bond donors (Lipinski definition) is 1. The van der Waals surface area contributed by atoms with E-state index in [2.05, 4.69) is 47.9 Å². The summed E-state index contributed by atoms with van der Waals surface area (Å²) in [5.41, 5.74) is 1.24. The molecule has 2 rings (SSSR count). The van der Waals surface area contributed by atoms with E-state index in [4.69, 9.17) is 0 Å². The molecule has 0 spiro atoms. The number of aromatic nitrogens is 2. The average molecular weight is 262 g/mol. The van der Waals surface area contributed by atoms with Crippen LogP contribution in [0, 0.1) is 11.8 Å².